The molecular formula is C53H34N6. The van der Waals surface area contributed by atoms with Crippen LogP contribution in [0.2, 0.25) is 0 Å². The van der Waals surface area contributed by atoms with Crippen LogP contribution in [0.25, 0.3) is 106 Å². The number of nitrogens with zero attached hydrogens (tertiary/aromatic N) is 6. The number of rotatable bonds is 7. The van der Waals surface area contributed by atoms with Crippen LogP contribution in [0.5, 0.6) is 0 Å². The molecule has 3 heterocycles. The highest BCUT2D eigenvalue weighted by atomic mass is 15.5. The molecule has 0 N–H and O–H groups in total. The molecule has 0 spiro atoms. The molecule has 0 aliphatic rings. The first kappa shape index (κ1) is 34.2. The molecule has 0 aliphatic carbocycles. The second-order valence-electron chi connectivity index (χ2n) is 14.5. The molecule has 0 radical (unpaired) electrons. The standard InChI is InChI=1S/C53H34N6/c1-6-17-35(18-7-1)43-33-44-49(52-51(43)57-59(58-52)41-25-14-5-15-26-41)48-42(27-16-28-45(48)54-50(44)39-21-10-3-11-22-39)36-29-31-38(32-30-36)47-34-46(37-19-8-2-9-20-37)55-53(56-47)40-23-12-4-13-24-40/h1-34H. The van der Waals surface area contributed by atoms with Crippen molar-refractivity contribution in [3.63, 3.8) is 0 Å². The van der Waals surface area contributed by atoms with Gasteiger partial charge >= 0.3 is 0 Å². The number of hydrogen-bond acceptors (Lipinski definition) is 5. The average Bonchev–Trinajstić information content (AvgIpc) is 3.78. The molecule has 59 heavy (non-hydrogen) atoms. The summed E-state index contributed by atoms with van der Waals surface area (Å²) in [5.74, 6) is 0.689. The van der Waals surface area contributed by atoms with Gasteiger partial charge in [-0.25, -0.2) is 15.0 Å². The molecule has 6 nitrogen and oxygen atoms in total. The number of pyridine rings is 1. The summed E-state index contributed by atoms with van der Waals surface area (Å²) >= 11 is 0. The van der Waals surface area contributed by atoms with Gasteiger partial charge in [-0.3, -0.25) is 0 Å². The molecule has 0 saturated heterocycles. The Morgan fingerprint density at radius 2 is 0.847 bits per heavy atom. The third kappa shape index (κ3) is 6.20. The van der Waals surface area contributed by atoms with Crippen molar-refractivity contribution in [3.05, 3.63) is 206 Å². The Kier molecular flexibility index (Phi) is 8.37. The third-order valence-electron chi connectivity index (χ3n) is 10.9. The molecule has 11 rings (SSSR count). The molecule has 276 valence electrons. The summed E-state index contributed by atoms with van der Waals surface area (Å²) in [6.07, 6.45) is 0. The van der Waals surface area contributed by atoms with Gasteiger partial charge in [0.05, 0.1) is 28.3 Å². The van der Waals surface area contributed by atoms with Gasteiger partial charge in [0.15, 0.2) is 5.82 Å². The molecule has 0 saturated carbocycles. The number of fused-ring (bicyclic) bond motifs is 5. The van der Waals surface area contributed by atoms with Gasteiger partial charge < -0.3 is 0 Å². The molecular weight excluding hydrogens is 721 g/mol. The van der Waals surface area contributed by atoms with E-state index in [4.69, 9.17) is 25.1 Å². The van der Waals surface area contributed by atoms with E-state index in [-0.39, 0.29) is 0 Å². The lowest BCUT2D eigenvalue weighted by Gasteiger charge is -2.16. The Morgan fingerprint density at radius 3 is 1.49 bits per heavy atom. The summed E-state index contributed by atoms with van der Waals surface area (Å²) in [6, 6.07) is 70.8. The maximum Gasteiger partial charge on any atom is 0.160 e. The molecule has 11 aromatic rings. The van der Waals surface area contributed by atoms with Crippen LogP contribution in [0.15, 0.2) is 206 Å². The van der Waals surface area contributed by atoms with Crippen molar-refractivity contribution in [1.29, 1.82) is 0 Å². The quantitative estimate of drug-likeness (QED) is 0.152. The molecule has 6 heteroatoms. The molecule has 0 fully saturated rings. The minimum atomic E-state index is 0.689. The Balaban J connectivity index is 1.15. The zero-order valence-corrected chi connectivity index (χ0v) is 31.8. The summed E-state index contributed by atoms with van der Waals surface area (Å²) in [5.41, 5.74) is 14.3. The maximum atomic E-state index is 5.44. The summed E-state index contributed by atoms with van der Waals surface area (Å²) in [4.78, 5) is 17.3. The van der Waals surface area contributed by atoms with Gasteiger partial charge in [0.25, 0.3) is 0 Å². The average molecular weight is 755 g/mol. The summed E-state index contributed by atoms with van der Waals surface area (Å²) in [5, 5.41) is 13.6. The summed E-state index contributed by atoms with van der Waals surface area (Å²) < 4.78 is 0. The molecule has 0 aliphatic heterocycles. The molecule has 3 aromatic heterocycles. The van der Waals surface area contributed by atoms with Crippen LogP contribution in [0, 0.1) is 0 Å². The van der Waals surface area contributed by atoms with Crippen LogP contribution in [0.1, 0.15) is 0 Å². The lowest BCUT2D eigenvalue weighted by atomic mass is 9.90. The highest BCUT2D eigenvalue weighted by Crippen LogP contribution is 2.44. The lowest BCUT2D eigenvalue weighted by molar-refractivity contribution is 0.766. The Bertz CT molecular complexity index is 3220. The van der Waals surface area contributed by atoms with E-state index in [9.17, 15) is 0 Å². The van der Waals surface area contributed by atoms with E-state index in [1.54, 1.807) is 4.80 Å². The zero-order valence-electron chi connectivity index (χ0n) is 31.8. The van der Waals surface area contributed by atoms with E-state index < -0.39 is 0 Å². The van der Waals surface area contributed by atoms with Crippen LogP contribution in [-0.4, -0.2) is 29.9 Å². The van der Waals surface area contributed by atoms with Crippen molar-refractivity contribution < 1.29 is 0 Å². The van der Waals surface area contributed by atoms with Crippen LogP contribution in [0.3, 0.4) is 0 Å². The van der Waals surface area contributed by atoms with Crippen molar-refractivity contribution in [2.75, 3.05) is 0 Å². The van der Waals surface area contributed by atoms with E-state index in [2.05, 4.69) is 127 Å². The number of aromatic nitrogens is 6. The van der Waals surface area contributed by atoms with Gasteiger partial charge in [-0.1, -0.05) is 176 Å². The highest BCUT2D eigenvalue weighted by Gasteiger charge is 2.22. The Hall–Kier alpha value is -8.09. The number of benzene rings is 8. The predicted octanol–water partition coefficient (Wildman–Crippen LogP) is 12.9. The largest absolute Gasteiger partial charge is 0.247 e. The first-order valence-corrected chi connectivity index (χ1v) is 19.7. The molecule has 0 bridgehead atoms. The minimum Gasteiger partial charge on any atom is -0.247 e. The smallest absolute Gasteiger partial charge is 0.160 e. The van der Waals surface area contributed by atoms with Crippen molar-refractivity contribution in [2.24, 2.45) is 0 Å². The van der Waals surface area contributed by atoms with Crippen molar-refractivity contribution in [1.82, 2.24) is 29.9 Å². The van der Waals surface area contributed by atoms with E-state index in [0.717, 1.165) is 100.0 Å². The van der Waals surface area contributed by atoms with E-state index >= 15 is 0 Å². The maximum absolute atomic E-state index is 5.44. The minimum absolute atomic E-state index is 0.689. The molecule has 0 atom stereocenters. The van der Waals surface area contributed by atoms with E-state index in [1.165, 1.54) is 0 Å². The van der Waals surface area contributed by atoms with Gasteiger partial charge in [0, 0.05) is 44.0 Å². The number of hydrogen-bond donors (Lipinski definition) is 0. The topological polar surface area (TPSA) is 69.4 Å². The predicted molar refractivity (Wildman–Crippen MR) is 240 cm³/mol. The Morgan fingerprint density at radius 1 is 0.339 bits per heavy atom. The van der Waals surface area contributed by atoms with Gasteiger partial charge in [0.1, 0.15) is 11.0 Å². The second kappa shape index (κ2) is 14.4. The van der Waals surface area contributed by atoms with Gasteiger partial charge in [-0.05, 0) is 47.0 Å². The van der Waals surface area contributed by atoms with Gasteiger partial charge in [-0.2, -0.15) is 4.80 Å². The first-order valence-electron chi connectivity index (χ1n) is 19.7. The van der Waals surface area contributed by atoms with Crippen molar-refractivity contribution in [2.45, 2.75) is 0 Å². The third-order valence-corrected chi connectivity index (χ3v) is 10.9. The van der Waals surface area contributed by atoms with Crippen LogP contribution in [0.4, 0.5) is 0 Å². The first-order chi connectivity index (χ1) is 29.2. The van der Waals surface area contributed by atoms with Crippen LogP contribution >= 0.6 is 0 Å². The monoisotopic (exact) mass is 754 g/mol. The fourth-order valence-corrected chi connectivity index (χ4v) is 8.05. The summed E-state index contributed by atoms with van der Waals surface area (Å²) in [7, 11) is 0. The van der Waals surface area contributed by atoms with Gasteiger partial charge in [0.2, 0.25) is 0 Å². The molecule has 8 aromatic carbocycles. The molecule has 0 amide bonds. The van der Waals surface area contributed by atoms with E-state index in [0.29, 0.717) is 5.82 Å². The highest BCUT2D eigenvalue weighted by molar-refractivity contribution is 6.26. The fourth-order valence-electron chi connectivity index (χ4n) is 8.05. The van der Waals surface area contributed by atoms with Crippen molar-refractivity contribution >= 4 is 32.7 Å². The van der Waals surface area contributed by atoms with E-state index in [1.807, 2.05) is 78.9 Å². The summed E-state index contributed by atoms with van der Waals surface area (Å²) in [6.45, 7) is 0. The fraction of sp³-hybridized carbons (Fsp3) is 0. The molecule has 0 unspecified atom stereocenters. The van der Waals surface area contributed by atoms with Crippen LogP contribution < -0.4 is 0 Å². The normalized spacial score (nSPS) is 11.4. The second-order valence-corrected chi connectivity index (χ2v) is 14.5. The van der Waals surface area contributed by atoms with Crippen LogP contribution in [-0.2, 0) is 0 Å². The number of para-hydroxylation sites is 1. The van der Waals surface area contributed by atoms with Crippen molar-refractivity contribution in [3.8, 4) is 73.1 Å². The SMILES string of the molecule is c1ccc(-c2cc(-c3ccc(-c4cccc5nc(-c6ccccc6)c6cc(-c7ccccc7)c7nn(-c8ccccc8)nc7c6c45)cc3)nc(-c3ccccc3)n2)cc1. The van der Waals surface area contributed by atoms with Gasteiger partial charge in [-0.15, -0.1) is 10.2 Å². The zero-order chi connectivity index (χ0) is 39.1. The lowest BCUT2D eigenvalue weighted by Crippen LogP contribution is -1.97. The Labute approximate surface area is 340 Å².